The Morgan fingerprint density at radius 2 is 1.75 bits per heavy atom. The number of aliphatic hydroxyl groups is 1. The Morgan fingerprint density at radius 3 is 2.39 bits per heavy atom. The van der Waals surface area contributed by atoms with E-state index in [1.54, 1.807) is 37.3 Å². The molecule has 28 heavy (non-hydrogen) atoms. The molecular weight excluding hydrogens is 358 g/mol. The fourth-order valence-corrected chi connectivity index (χ4v) is 3.09. The number of aromatic amines is 1. The highest BCUT2D eigenvalue weighted by atomic mass is 16.5. The monoisotopic (exact) mass is 377 g/mol. The van der Waals surface area contributed by atoms with E-state index in [2.05, 4.69) is 15.2 Å². The molecule has 1 aromatic heterocycles. The van der Waals surface area contributed by atoms with E-state index in [-0.39, 0.29) is 18.1 Å². The zero-order valence-electron chi connectivity index (χ0n) is 15.4. The molecule has 8 nitrogen and oxygen atoms in total. The average Bonchev–Trinajstić information content (AvgIpc) is 3.32. The molecule has 4 rings (SSSR count). The number of benzene rings is 2. The van der Waals surface area contributed by atoms with Crippen molar-refractivity contribution in [1.82, 2.24) is 15.2 Å². The van der Waals surface area contributed by atoms with Crippen LogP contribution in [0.25, 0.3) is 17.0 Å². The summed E-state index contributed by atoms with van der Waals surface area (Å²) in [4.78, 5) is 6.11. The number of nitrogens with one attached hydrogen (secondary N) is 2. The zero-order valence-corrected chi connectivity index (χ0v) is 15.4. The lowest BCUT2D eigenvalue weighted by atomic mass is 10.2. The first-order valence-electron chi connectivity index (χ1n) is 8.60. The van der Waals surface area contributed by atoms with E-state index < -0.39 is 0 Å². The van der Waals surface area contributed by atoms with Crippen molar-refractivity contribution in [2.24, 2.45) is 0 Å². The van der Waals surface area contributed by atoms with E-state index in [0.717, 1.165) is 5.56 Å². The fraction of sp³-hybridized carbons (Fsp3) is 0.150. The first kappa shape index (κ1) is 17.6. The molecule has 1 aliphatic rings. The van der Waals surface area contributed by atoms with Gasteiger partial charge in [-0.1, -0.05) is 30.3 Å². The van der Waals surface area contributed by atoms with Crippen molar-refractivity contribution < 1.29 is 14.6 Å². The Kier molecular flexibility index (Phi) is 4.44. The van der Waals surface area contributed by atoms with Gasteiger partial charge >= 0.3 is 0 Å². The molecule has 0 saturated heterocycles. The van der Waals surface area contributed by atoms with Crippen LogP contribution >= 0.6 is 0 Å². The molecule has 2 heterocycles. The summed E-state index contributed by atoms with van der Waals surface area (Å²) < 4.78 is 10.6. The van der Waals surface area contributed by atoms with Gasteiger partial charge < -0.3 is 19.5 Å². The minimum absolute atomic E-state index is 0.0440. The molecule has 0 radical (unpaired) electrons. The van der Waals surface area contributed by atoms with Crippen LogP contribution in [0.15, 0.2) is 54.3 Å². The molecule has 0 saturated carbocycles. The molecule has 3 N–H and O–H groups in total. The van der Waals surface area contributed by atoms with Gasteiger partial charge in [0.2, 0.25) is 0 Å². The van der Waals surface area contributed by atoms with Gasteiger partial charge in [0.05, 0.1) is 26.5 Å². The van der Waals surface area contributed by atoms with Crippen LogP contribution in [0.3, 0.4) is 0 Å². The van der Waals surface area contributed by atoms with Crippen LogP contribution in [0.4, 0.5) is 5.69 Å². The Labute approximate surface area is 161 Å². The second kappa shape index (κ2) is 7.07. The van der Waals surface area contributed by atoms with Gasteiger partial charge in [0, 0.05) is 23.8 Å². The number of methoxy groups -OCH3 is 2. The molecule has 0 aliphatic carbocycles. The summed E-state index contributed by atoms with van der Waals surface area (Å²) >= 11 is 0. The quantitative estimate of drug-likeness (QED) is 0.630. The highest BCUT2D eigenvalue weighted by Crippen LogP contribution is 2.34. The van der Waals surface area contributed by atoms with Crippen molar-refractivity contribution in [1.29, 1.82) is 5.41 Å². The van der Waals surface area contributed by atoms with Gasteiger partial charge in [0.15, 0.2) is 11.6 Å². The molecule has 2 aromatic carbocycles. The first-order chi connectivity index (χ1) is 13.6. The fourth-order valence-electron chi connectivity index (χ4n) is 3.09. The maximum absolute atomic E-state index is 10.5. The van der Waals surface area contributed by atoms with Gasteiger partial charge in [0.1, 0.15) is 28.7 Å². The Bertz CT molecular complexity index is 1040. The van der Waals surface area contributed by atoms with Gasteiger partial charge in [-0.2, -0.15) is 5.10 Å². The third-order valence-corrected chi connectivity index (χ3v) is 4.51. The highest BCUT2D eigenvalue weighted by Gasteiger charge is 2.32. The standard InChI is InChI=1S/C20H19N5O3/c1-27-14-8-13(9-15(10-14)28-2)25-11-16(26)17(18(25)21)20-22-19(23-24-20)12-6-4-3-5-7-12/h3-10,21,26H,11H2,1-2H3,(H,22,23,24). The van der Waals surface area contributed by atoms with Crippen LogP contribution in [0.2, 0.25) is 0 Å². The first-order valence-corrected chi connectivity index (χ1v) is 8.60. The van der Waals surface area contributed by atoms with Gasteiger partial charge in [-0.3, -0.25) is 10.5 Å². The Morgan fingerprint density at radius 1 is 1.07 bits per heavy atom. The maximum Gasteiger partial charge on any atom is 0.181 e. The van der Waals surface area contributed by atoms with Gasteiger partial charge in [-0.25, -0.2) is 4.98 Å². The molecule has 142 valence electrons. The smallest absolute Gasteiger partial charge is 0.181 e. The molecule has 0 spiro atoms. The number of aliphatic hydroxyl groups excluding tert-OH is 1. The number of amidine groups is 1. The number of rotatable bonds is 5. The van der Waals surface area contributed by atoms with E-state index >= 15 is 0 Å². The summed E-state index contributed by atoms with van der Waals surface area (Å²) in [5.74, 6) is 2.21. The van der Waals surface area contributed by atoms with Crippen molar-refractivity contribution in [3.63, 3.8) is 0 Å². The minimum atomic E-state index is 0.0440. The van der Waals surface area contributed by atoms with Crippen molar-refractivity contribution in [3.05, 3.63) is 60.1 Å². The van der Waals surface area contributed by atoms with Crippen LogP contribution in [0.5, 0.6) is 11.5 Å². The summed E-state index contributed by atoms with van der Waals surface area (Å²) in [7, 11) is 3.13. The molecule has 0 atom stereocenters. The highest BCUT2D eigenvalue weighted by molar-refractivity contribution is 6.30. The van der Waals surface area contributed by atoms with Crippen molar-refractivity contribution in [3.8, 4) is 22.9 Å². The molecule has 0 unspecified atom stereocenters. The Hall–Kier alpha value is -3.81. The van der Waals surface area contributed by atoms with Crippen LogP contribution in [-0.2, 0) is 0 Å². The molecular formula is C20H19N5O3. The van der Waals surface area contributed by atoms with E-state index in [0.29, 0.717) is 34.4 Å². The second-order valence-corrected chi connectivity index (χ2v) is 6.20. The number of ether oxygens (including phenoxy) is 2. The molecule has 3 aromatic rings. The number of H-pyrrole nitrogens is 1. The van der Waals surface area contributed by atoms with E-state index in [1.165, 1.54) is 0 Å². The van der Waals surface area contributed by atoms with Crippen molar-refractivity contribution in [2.45, 2.75) is 0 Å². The van der Waals surface area contributed by atoms with Gasteiger partial charge in [-0.15, -0.1) is 0 Å². The van der Waals surface area contributed by atoms with Gasteiger partial charge in [0.25, 0.3) is 0 Å². The lowest BCUT2D eigenvalue weighted by Gasteiger charge is -2.20. The van der Waals surface area contributed by atoms with Crippen LogP contribution in [0, 0.1) is 5.41 Å². The summed E-state index contributed by atoms with van der Waals surface area (Å²) in [6, 6.07) is 14.8. The van der Waals surface area contributed by atoms with Crippen molar-refractivity contribution >= 4 is 17.1 Å². The zero-order chi connectivity index (χ0) is 19.7. The predicted molar refractivity (Wildman–Crippen MR) is 106 cm³/mol. The Balaban J connectivity index is 1.66. The van der Waals surface area contributed by atoms with Crippen molar-refractivity contribution in [2.75, 3.05) is 25.7 Å². The number of hydrogen-bond acceptors (Lipinski definition) is 6. The summed E-state index contributed by atoms with van der Waals surface area (Å²) in [5.41, 5.74) is 1.84. The predicted octanol–water partition coefficient (Wildman–Crippen LogP) is 3.26. The van der Waals surface area contributed by atoms with Crippen LogP contribution in [-0.4, -0.2) is 46.9 Å². The topological polar surface area (TPSA) is 107 Å². The average molecular weight is 377 g/mol. The molecule has 0 bridgehead atoms. The maximum atomic E-state index is 10.5. The van der Waals surface area contributed by atoms with Crippen LogP contribution < -0.4 is 14.4 Å². The molecule has 0 amide bonds. The SMILES string of the molecule is COc1cc(OC)cc(N2CC(O)=C(c3nc(-c4ccccc4)n[nH]3)C2=N)c1. The number of aromatic nitrogens is 3. The molecule has 0 fully saturated rings. The van der Waals surface area contributed by atoms with Crippen LogP contribution in [0.1, 0.15) is 5.82 Å². The lowest BCUT2D eigenvalue weighted by Crippen LogP contribution is -2.26. The van der Waals surface area contributed by atoms with E-state index in [1.807, 2.05) is 30.3 Å². The number of hydrogen-bond donors (Lipinski definition) is 3. The minimum Gasteiger partial charge on any atom is -0.509 e. The third kappa shape index (κ3) is 3.05. The molecule has 8 heteroatoms. The summed E-state index contributed by atoms with van der Waals surface area (Å²) in [5, 5.41) is 26.1. The number of anilines is 1. The number of nitrogens with zero attached hydrogens (tertiary/aromatic N) is 3. The van der Waals surface area contributed by atoms with Gasteiger partial charge in [-0.05, 0) is 0 Å². The van der Waals surface area contributed by atoms with E-state index in [9.17, 15) is 5.11 Å². The largest absolute Gasteiger partial charge is 0.509 e. The summed E-state index contributed by atoms with van der Waals surface area (Å²) in [6.07, 6.45) is 0. The second-order valence-electron chi connectivity index (χ2n) is 6.20. The lowest BCUT2D eigenvalue weighted by molar-refractivity contribution is 0.394. The molecule has 1 aliphatic heterocycles. The van der Waals surface area contributed by atoms with E-state index in [4.69, 9.17) is 14.9 Å². The third-order valence-electron chi connectivity index (χ3n) is 4.51. The summed E-state index contributed by atoms with van der Waals surface area (Å²) in [6.45, 7) is 0.145. The normalized spacial score (nSPS) is 13.9.